The van der Waals surface area contributed by atoms with Gasteiger partial charge < -0.3 is 5.11 Å². The van der Waals surface area contributed by atoms with Crippen LogP contribution in [0.15, 0.2) is 18.3 Å². The number of nitrogens with zero attached hydrogens (tertiary/aromatic N) is 3. The fraction of sp³-hybridized carbons (Fsp3) is 0.143. The van der Waals surface area contributed by atoms with Crippen molar-refractivity contribution in [2.75, 3.05) is 0 Å². The van der Waals surface area contributed by atoms with E-state index in [4.69, 9.17) is 16.7 Å². The van der Waals surface area contributed by atoms with Crippen LogP contribution >= 0.6 is 11.6 Å². The molecule has 0 spiro atoms. The second-order valence-corrected chi connectivity index (χ2v) is 2.79. The Hall–Kier alpha value is -1.13. The molecule has 0 aromatic carbocycles. The first kappa shape index (κ1) is 7.52. The molecule has 5 heteroatoms. The molecule has 0 aliphatic rings. The summed E-state index contributed by atoms with van der Waals surface area (Å²) in [5.74, 6) is 0.493. The van der Waals surface area contributed by atoms with E-state index in [9.17, 15) is 0 Å². The van der Waals surface area contributed by atoms with E-state index in [2.05, 4.69) is 10.2 Å². The molecule has 1 N–H and O–H groups in total. The third-order valence-electron chi connectivity index (χ3n) is 1.58. The van der Waals surface area contributed by atoms with Crippen LogP contribution in [0.1, 0.15) is 5.82 Å². The molecule has 0 saturated carbocycles. The van der Waals surface area contributed by atoms with E-state index in [-0.39, 0.29) is 6.61 Å². The van der Waals surface area contributed by atoms with E-state index in [0.29, 0.717) is 16.5 Å². The van der Waals surface area contributed by atoms with Gasteiger partial charge in [0.25, 0.3) is 0 Å². The van der Waals surface area contributed by atoms with Gasteiger partial charge in [-0.15, -0.1) is 10.2 Å². The molecule has 62 valence electrons. The third kappa shape index (κ3) is 1.05. The van der Waals surface area contributed by atoms with Crippen molar-refractivity contribution >= 4 is 17.2 Å². The van der Waals surface area contributed by atoms with Crippen LogP contribution in [-0.2, 0) is 6.61 Å². The predicted molar refractivity (Wildman–Crippen MR) is 43.9 cm³/mol. The maximum absolute atomic E-state index is 8.85. The molecule has 0 fully saturated rings. The number of halogens is 1. The van der Waals surface area contributed by atoms with Crippen molar-refractivity contribution in [3.05, 3.63) is 29.2 Å². The van der Waals surface area contributed by atoms with Crippen molar-refractivity contribution in [1.29, 1.82) is 0 Å². The number of rotatable bonds is 1. The molecule has 0 amide bonds. The number of hydrogen-bond donors (Lipinski definition) is 1. The Labute approximate surface area is 73.4 Å². The van der Waals surface area contributed by atoms with Gasteiger partial charge in [0, 0.05) is 6.20 Å². The first-order valence-electron chi connectivity index (χ1n) is 3.41. The van der Waals surface area contributed by atoms with Gasteiger partial charge in [-0.05, 0) is 12.1 Å². The SMILES string of the molecule is OCc1nnc2ccc(Cl)cn12. The number of fused-ring (bicyclic) bond motifs is 1. The number of aliphatic hydroxyl groups excluding tert-OH is 1. The molecule has 4 nitrogen and oxygen atoms in total. The van der Waals surface area contributed by atoms with Gasteiger partial charge in [-0.1, -0.05) is 11.6 Å². The fourth-order valence-corrected chi connectivity index (χ4v) is 1.18. The topological polar surface area (TPSA) is 50.4 Å². The van der Waals surface area contributed by atoms with E-state index in [1.54, 1.807) is 22.7 Å². The van der Waals surface area contributed by atoms with Gasteiger partial charge in [0.05, 0.1) is 5.02 Å². The van der Waals surface area contributed by atoms with Gasteiger partial charge in [0.15, 0.2) is 11.5 Å². The highest BCUT2D eigenvalue weighted by atomic mass is 35.5. The normalized spacial score (nSPS) is 10.8. The summed E-state index contributed by atoms with van der Waals surface area (Å²) in [6, 6.07) is 3.47. The second kappa shape index (κ2) is 2.73. The van der Waals surface area contributed by atoms with Crippen molar-refractivity contribution < 1.29 is 5.11 Å². The third-order valence-corrected chi connectivity index (χ3v) is 1.80. The van der Waals surface area contributed by atoms with E-state index >= 15 is 0 Å². The highest BCUT2D eigenvalue weighted by Crippen LogP contribution is 2.10. The zero-order valence-electron chi connectivity index (χ0n) is 6.11. The number of hydrogen-bond acceptors (Lipinski definition) is 3. The second-order valence-electron chi connectivity index (χ2n) is 2.35. The maximum Gasteiger partial charge on any atom is 0.163 e. The minimum atomic E-state index is -0.137. The van der Waals surface area contributed by atoms with Crippen molar-refractivity contribution in [2.24, 2.45) is 0 Å². The number of aromatic nitrogens is 3. The van der Waals surface area contributed by atoms with E-state index in [0.717, 1.165) is 0 Å². The Kier molecular flexibility index (Phi) is 1.71. The summed E-state index contributed by atoms with van der Waals surface area (Å²) in [5.41, 5.74) is 0.684. The smallest absolute Gasteiger partial charge is 0.163 e. The molecule has 2 heterocycles. The molecular weight excluding hydrogens is 178 g/mol. The molecule has 0 radical (unpaired) electrons. The van der Waals surface area contributed by atoms with Crippen LogP contribution in [0.25, 0.3) is 5.65 Å². The largest absolute Gasteiger partial charge is 0.388 e. The molecule has 0 aliphatic carbocycles. The molecule has 0 aliphatic heterocycles. The molecule has 0 bridgehead atoms. The van der Waals surface area contributed by atoms with E-state index in [1.165, 1.54) is 0 Å². The van der Waals surface area contributed by atoms with Crippen LogP contribution in [0.5, 0.6) is 0 Å². The monoisotopic (exact) mass is 183 g/mol. The van der Waals surface area contributed by atoms with Gasteiger partial charge in [0.1, 0.15) is 6.61 Å². The minimum Gasteiger partial charge on any atom is -0.388 e. The van der Waals surface area contributed by atoms with Crippen LogP contribution in [0.2, 0.25) is 5.02 Å². The molecule has 0 unspecified atom stereocenters. The summed E-state index contributed by atoms with van der Waals surface area (Å²) in [7, 11) is 0. The Morgan fingerprint density at radius 3 is 3.00 bits per heavy atom. The average Bonchev–Trinajstić information content (AvgIpc) is 2.46. The minimum absolute atomic E-state index is 0.137. The van der Waals surface area contributed by atoms with Gasteiger partial charge in [-0.2, -0.15) is 0 Å². The lowest BCUT2D eigenvalue weighted by molar-refractivity contribution is 0.270. The maximum atomic E-state index is 8.85. The van der Waals surface area contributed by atoms with Crippen molar-refractivity contribution in [2.45, 2.75) is 6.61 Å². The zero-order chi connectivity index (χ0) is 8.55. The first-order chi connectivity index (χ1) is 5.81. The summed E-state index contributed by atoms with van der Waals surface area (Å²) >= 11 is 5.75. The summed E-state index contributed by atoms with van der Waals surface area (Å²) < 4.78 is 1.66. The zero-order valence-corrected chi connectivity index (χ0v) is 6.86. The summed E-state index contributed by atoms with van der Waals surface area (Å²) in [6.45, 7) is -0.137. The quantitative estimate of drug-likeness (QED) is 0.714. The number of aliphatic hydroxyl groups is 1. The van der Waals surface area contributed by atoms with E-state index < -0.39 is 0 Å². The summed E-state index contributed by atoms with van der Waals surface area (Å²) in [6.07, 6.45) is 1.67. The summed E-state index contributed by atoms with van der Waals surface area (Å²) in [5, 5.41) is 17.0. The lowest BCUT2D eigenvalue weighted by Gasteiger charge is -1.95. The van der Waals surface area contributed by atoms with Crippen molar-refractivity contribution in [1.82, 2.24) is 14.6 Å². The van der Waals surface area contributed by atoms with Gasteiger partial charge in [-0.25, -0.2) is 0 Å². The molecule has 2 aromatic heterocycles. The van der Waals surface area contributed by atoms with Crippen molar-refractivity contribution in [3.63, 3.8) is 0 Å². The van der Waals surface area contributed by atoms with Crippen LogP contribution < -0.4 is 0 Å². The fourth-order valence-electron chi connectivity index (χ4n) is 1.02. The Morgan fingerprint density at radius 2 is 2.25 bits per heavy atom. The Morgan fingerprint density at radius 1 is 1.42 bits per heavy atom. The Balaban J connectivity index is 2.75. The summed E-state index contributed by atoms with van der Waals surface area (Å²) in [4.78, 5) is 0. The molecule has 0 atom stereocenters. The van der Waals surface area contributed by atoms with Gasteiger partial charge in [-0.3, -0.25) is 4.40 Å². The van der Waals surface area contributed by atoms with Gasteiger partial charge in [0.2, 0.25) is 0 Å². The van der Waals surface area contributed by atoms with Crippen molar-refractivity contribution in [3.8, 4) is 0 Å². The molecule has 2 aromatic rings. The molecule has 0 saturated heterocycles. The van der Waals surface area contributed by atoms with Crippen LogP contribution in [0, 0.1) is 0 Å². The number of pyridine rings is 1. The lowest BCUT2D eigenvalue weighted by atomic mass is 10.4. The van der Waals surface area contributed by atoms with Crippen LogP contribution in [0.3, 0.4) is 0 Å². The predicted octanol–water partition coefficient (Wildman–Crippen LogP) is 0.875. The van der Waals surface area contributed by atoms with Crippen LogP contribution in [0.4, 0.5) is 0 Å². The van der Waals surface area contributed by atoms with E-state index in [1.807, 2.05) is 0 Å². The Bertz CT molecular complexity index is 412. The molecular formula is C7H6ClN3O. The average molecular weight is 184 g/mol. The van der Waals surface area contributed by atoms with Crippen LogP contribution in [-0.4, -0.2) is 19.7 Å². The highest BCUT2D eigenvalue weighted by molar-refractivity contribution is 6.30. The first-order valence-corrected chi connectivity index (χ1v) is 3.79. The lowest BCUT2D eigenvalue weighted by Crippen LogP contribution is -1.92. The molecule has 12 heavy (non-hydrogen) atoms. The highest BCUT2D eigenvalue weighted by Gasteiger charge is 2.02. The standard InChI is InChI=1S/C7H6ClN3O/c8-5-1-2-6-9-10-7(4-12)11(6)3-5/h1-3,12H,4H2. The van der Waals surface area contributed by atoms with Gasteiger partial charge >= 0.3 is 0 Å². The molecule has 2 rings (SSSR count).